The van der Waals surface area contributed by atoms with E-state index in [0.29, 0.717) is 17.1 Å². The number of benzene rings is 2. The van der Waals surface area contributed by atoms with Gasteiger partial charge in [-0.1, -0.05) is 61.8 Å². The van der Waals surface area contributed by atoms with E-state index in [1.807, 2.05) is 38.1 Å². The lowest BCUT2D eigenvalue weighted by Crippen LogP contribution is -2.50. The smallest absolute Gasteiger partial charge is 0.251 e. The molecule has 1 N–H and O–H groups in total. The molecule has 2 aromatic carbocycles. The van der Waals surface area contributed by atoms with Gasteiger partial charge in [0.05, 0.1) is 0 Å². The van der Waals surface area contributed by atoms with Gasteiger partial charge in [0.2, 0.25) is 5.91 Å². The van der Waals surface area contributed by atoms with Crippen molar-refractivity contribution in [2.75, 3.05) is 7.05 Å². The second-order valence-corrected chi connectivity index (χ2v) is 6.75. The van der Waals surface area contributed by atoms with Gasteiger partial charge in [-0.2, -0.15) is 0 Å². The third-order valence-corrected chi connectivity index (χ3v) is 4.37. The number of carbonyl (C=O) groups excluding carboxylic acids is 2. The van der Waals surface area contributed by atoms with Gasteiger partial charge < -0.3 is 10.2 Å². The molecule has 0 aliphatic heterocycles. The highest BCUT2D eigenvalue weighted by Gasteiger charge is 2.27. The second kappa shape index (κ2) is 8.67. The predicted octanol–water partition coefficient (Wildman–Crippen LogP) is 3.75. The SMILES string of the molecule is CC(C)C(NC(=O)c1ccccc1)C(=O)N(C)Cc1ccccc1Cl. The molecule has 0 aliphatic rings. The zero-order chi connectivity index (χ0) is 18.4. The molecule has 4 nitrogen and oxygen atoms in total. The number of halogens is 1. The van der Waals surface area contributed by atoms with Crippen molar-refractivity contribution in [3.63, 3.8) is 0 Å². The standard InChI is InChI=1S/C20H23ClN2O2/c1-14(2)18(22-19(24)15-9-5-4-6-10-15)20(25)23(3)13-16-11-7-8-12-17(16)21/h4-12,14,18H,13H2,1-3H3,(H,22,24). The number of nitrogens with zero attached hydrogens (tertiary/aromatic N) is 1. The molecule has 0 bridgehead atoms. The van der Waals surface area contributed by atoms with E-state index in [0.717, 1.165) is 5.56 Å². The largest absolute Gasteiger partial charge is 0.340 e. The molecular weight excluding hydrogens is 336 g/mol. The monoisotopic (exact) mass is 358 g/mol. The average molecular weight is 359 g/mol. The van der Waals surface area contributed by atoms with E-state index in [4.69, 9.17) is 11.6 Å². The van der Waals surface area contributed by atoms with Crippen LogP contribution in [0.15, 0.2) is 54.6 Å². The molecule has 0 saturated heterocycles. The summed E-state index contributed by atoms with van der Waals surface area (Å²) in [6.07, 6.45) is 0. The Kier molecular flexibility index (Phi) is 6.59. The molecule has 0 fully saturated rings. The highest BCUT2D eigenvalue weighted by atomic mass is 35.5. The minimum Gasteiger partial charge on any atom is -0.340 e. The quantitative estimate of drug-likeness (QED) is 0.854. The molecule has 25 heavy (non-hydrogen) atoms. The van der Waals surface area contributed by atoms with Crippen molar-refractivity contribution in [2.24, 2.45) is 5.92 Å². The average Bonchev–Trinajstić information content (AvgIpc) is 2.61. The van der Waals surface area contributed by atoms with Crippen LogP contribution in [-0.2, 0) is 11.3 Å². The molecule has 2 aromatic rings. The Bertz CT molecular complexity index is 731. The Balaban J connectivity index is 2.09. The van der Waals surface area contributed by atoms with Crippen molar-refractivity contribution in [1.82, 2.24) is 10.2 Å². The molecule has 2 amide bonds. The summed E-state index contributed by atoms with van der Waals surface area (Å²) in [6, 6.07) is 15.7. The van der Waals surface area contributed by atoms with E-state index in [1.165, 1.54) is 0 Å². The maximum atomic E-state index is 12.8. The van der Waals surface area contributed by atoms with E-state index in [-0.39, 0.29) is 17.7 Å². The number of hydrogen-bond donors (Lipinski definition) is 1. The summed E-state index contributed by atoms with van der Waals surface area (Å²) in [5.41, 5.74) is 1.41. The summed E-state index contributed by atoms with van der Waals surface area (Å²) in [6.45, 7) is 4.22. The summed E-state index contributed by atoms with van der Waals surface area (Å²) < 4.78 is 0. The Morgan fingerprint density at radius 2 is 1.64 bits per heavy atom. The highest BCUT2D eigenvalue weighted by Crippen LogP contribution is 2.17. The van der Waals surface area contributed by atoms with Gasteiger partial charge in [-0.3, -0.25) is 9.59 Å². The van der Waals surface area contributed by atoms with Crippen molar-refractivity contribution < 1.29 is 9.59 Å². The summed E-state index contributed by atoms with van der Waals surface area (Å²) in [5, 5.41) is 3.47. The molecule has 0 saturated carbocycles. The topological polar surface area (TPSA) is 49.4 Å². The molecule has 5 heteroatoms. The van der Waals surface area contributed by atoms with Gasteiger partial charge in [-0.15, -0.1) is 0 Å². The third kappa shape index (κ3) is 5.07. The lowest BCUT2D eigenvalue weighted by molar-refractivity contribution is -0.133. The van der Waals surface area contributed by atoms with Gasteiger partial charge >= 0.3 is 0 Å². The molecule has 1 unspecified atom stereocenters. The molecule has 1 atom stereocenters. The fourth-order valence-corrected chi connectivity index (χ4v) is 2.72. The van der Waals surface area contributed by atoms with Crippen molar-refractivity contribution in [1.29, 1.82) is 0 Å². The molecule has 0 spiro atoms. The fraction of sp³-hybridized carbons (Fsp3) is 0.300. The number of amides is 2. The minimum atomic E-state index is -0.597. The molecule has 0 heterocycles. The van der Waals surface area contributed by atoms with E-state index in [9.17, 15) is 9.59 Å². The van der Waals surface area contributed by atoms with Crippen molar-refractivity contribution in [3.05, 3.63) is 70.7 Å². The molecule has 132 valence electrons. The van der Waals surface area contributed by atoms with Crippen molar-refractivity contribution >= 4 is 23.4 Å². The maximum absolute atomic E-state index is 12.8. The van der Waals surface area contributed by atoms with Crippen LogP contribution in [0.3, 0.4) is 0 Å². The Morgan fingerprint density at radius 1 is 1.04 bits per heavy atom. The summed E-state index contributed by atoms with van der Waals surface area (Å²) >= 11 is 6.17. The molecule has 2 rings (SSSR count). The number of rotatable bonds is 6. The lowest BCUT2D eigenvalue weighted by atomic mass is 10.0. The Labute approximate surface area is 153 Å². The van der Waals surface area contributed by atoms with Crippen LogP contribution in [-0.4, -0.2) is 29.8 Å². The number of likely N-dealkylation sites (N-methyl/N-ethyl adjacent to an activating group) is 1. The zero-order valence-corrected chi connectivity index (χ0v) is 15.5. The summed E-state index contributed by atoms with van der Waals surface area (Å²) in [4.78, 5) is 26.8. The van der Waals surface area contributed by atoms with E-state index in [1.54, 1.807) is 42.3 Å². The Morgan fingerprint density at radius 3 is 2.24 bits per heavy atom. The van der Waals surface area contributed by atoms with Crippen LogP contribution in [0.25, 0.3) is 0 Å². The van der Waals surface area contributed by atoms with Gasteiger partial charge in [0.25, 0.3) is 5.91 Å². The van der Waals surface area contributed by atoms with Gasteiger partial charge in [0.15, 0.2) is 0 Å². The normalized spacial score (nSPS) is 11.9. The van der Waals surface area contributed by atoms with Crippen LogP contribution in [0.5, 0.6) is 0 Å². The second-order valence-electron chi connectivity index (χ2n) is 6.35. The zero-order valence-electron chi connectivity index (χ0n) is 14.7. The van der Waals surface area contributed by atoms with E-state index in [2.05, 4.69) is 5.32 Å². The van der Waals surface area contributed by atoms with Crippen LogP contribution in [0.4, 0.5) is 0 Å². The predicted molar refractivity (Wildman–Crippen MR) is 100 cm³/mol. The molecule has 0 aliphatic carbocycles. The third-order valence-electron chi connectivity index (χ3n) is 4.00. The summed E-state index contributed by atoms with van der Waals surface area (Å²) in [5.74, 6) is -0.424. The molecule has 0 aromatic heterocycles. The number of carbonyl (C=O) groups is 2. The molecular formula is C20H23ClN2O2. The minimum absolute atomic E-state index is 0.0335. The summed E-state index contributed by atoms with van der Waals surface area (Å²) in [7, 11) is 1.72. The first-order chi connectivity index (χ1) is 11.9. The van der Waals surface area contributed by atoms with Gasteiger partial charge in [0, 0.05) is 24.2 Å². The first kappa shape index (κ1) is 19.0. The number of nitrogens with one attached hydrogen (secondary N) is 1. The first-order valence-electron chi connectivity index (χ1n) is 8.24. The van der Waals surface area contributed by atoms with Crippen molar-refractivity contribution in [2.45, 2.75) is 26.4 Å². The molecule has 0 radical (unpaired) electrons. The Hall–Kier alpha value is -2.33. The van der Waals surface area contributed by atoms with Gasteiger partial charge in [-0.25, -0.2) is 0 Å². The van der Waals surface area contributed by atoms with Crippen LogP contribution >= 0.6 is 11.6 Å². The highest BCUT2D eigenvalue weighted by molar-refractivity contribution is 6.31. The van der Waals surface area contributed by atoms with Crippen LogP contribution in [0, 0.1) is 5.92 Å². The van der Waals surface area contributed by atoms with Crippen LogP contribution in [0.1, 0.15) is 29.8 Å². The van der Waals surface area contributed by atoms with Crippen LogP contribution < -0.4 is 5.32 Å². The van der Waals surface area contributed by atoms with E-state index >= 15 is 0 Å². The lowest BCUT2D eigenvalue weighted by Gasteiger charge is -2.27. The number of hydrogen-bond acceptors (Lipinski definition) is 2. The fourth-order valence-electron chi connectivity index (χ4n) is 2.53. The van der Waals surface area contributed by atoms with E-state index < -0.39 is 6.04 Å². The maximum Gasteiger partial charge on any atom is 0.251 e. The first-order valence-corrected chi connectivity index (χ1v) is 8.62. The van der Waals surface area contributed by atoms with Crippen LogP contribution in [0.2, 0.25) is 5.02 Å². The van der Waals surface area contributed by atoms with Gasteiger partial charge in [0.1, 0.15) is 6.04 Å². The van der Waals surface area contributed by atoms with Gasteiger partial charge in [-0.05, 0) is 29.7 Å². The van der Waals surface area contributed by atoms with Crippen molar-refractivity contribution in [3.8, 4) is 0 Å².